The number of fused-ring (bicyclic) bond motifs is 1. The predicted molar refractivity (Wildman–Crippen MR) is 112 cm³/mol. The van der Waals surface area contributed by atoms with Gasteiger partial charge in [0.05, 0.1) is 25.7 Å². The maximum Gasteiger partial charge on any atom is 0.248 e. The van der Waals surface area contributed by atoms with Crippen LogP contribution >= 0.6 is 0 Å². The van der Waals surface area contributed by atoms with E-state index >= 15 is 0 Å². The molecule has 1 aromatic heterocycles. The number of nitrogens with one attached hydrogen (secondary N) is 1. The normalized spacial score (nSPS) is 11.5. The fourth-order valence-corrected chi connectivity index (χ4v) is 3.13. The summed E-state index contributed by atoms with van der Waals surface area (Å²) in [6, 6.07) is 9.54. The highest BCUT2D eigenvalue weighted by atomic mass is 16.5. The largest absolute Gasteiger partial charge is 0.495 e. The number of benzene rings is 2. The minimum atomic E-state index is -0.229. The second kappa shape index (κ2) is 8.21. The van der Waals surface area contributed by atoms with Gasteiger partial charge in [-0.15, -0.1) is 0 Å². The van der Waals surface area contributed by atoms with Crippen molar-refractivity contribution in [3.8, 4) is 11.5 Å². The third-order valence-corrected chi connectivity index (χ3v) is 4.55. The second-order valence-corrected chi connectivity index (χ2v) is 6.72. The highest BCUT2D eigenvalue weighted by Crippen LogP contribution is 2.33. The standard InChI is InChI=1S/C23H25NO4/c1-6-27-21-12-22-18(16(4)13-28-22)11-17(21)15(3)10-23(25)24-19-9-14(2)7-8-20(19)26-5/h7-13H,6H2,1-5H3,(H,24,25)/b15-10+. The molecule has 0 spiro atoms. The zero-order valence-electron chi connectivity index (χ0n) is 16.9. The Morgan fingerprint density at radius 3 is 2.68 bits per heavy atom. The lowest BCUT2D eigenvalue weighted by atomic mass is 10.0. The van der Waals surface area contributed by atoms with Crippen LogP contribution in [-0.4, -0.2) is 19.6 Å². The zero-order chi connectivity index (χ0) is 20.3. The number of hydrogen-bond donors (Lipinski definition) is 1. The molecule has 3 aromatic rings. The van der Waals surface area contributed by atoms with E-state index in [9.17, 15) is 4.79 Å². The van der Waals surface area contributed by atoms with Gasteiger partial charge in [-0.25, -0.2) is 0 Å². The summed E-state index contributed by atoms with van der Waals surface area (Å²) in [6.45, 7) is 8.31. The number of carbonyl (C=O) groups excluding carboxylic acids is 1. The molecule has 0 fully saturated rings. The molecule has 0 saturated heterocycles. The van der Waals surface area contributed by atoms with Gasteiger partial charge in [0.25, 0.3) is 0 Å². The first-order chi connectivity index (χ1) is 13.4. The predicted octanol–water partition coefficient (Wildman–Crippen LogP) is 5.50. The minimum absolute atomic E-state index is 0.229. The highest BCUT2D eigenvalue weighted by Gasteiger charge is 2.13. The number of ether oxygens (including phenoxy) is 2. The molecule has 0 saturated carbocycles. The van der Waals surface area contributed by atoms with E-state index in [0.29, 0.717) is 23.8 Å². The van der Waals surface area contributed by atoms with Crippen LogP contribution in [-0.2, 0) is 4.79 Å². The third-order valence-electron chi connectivity index (χ3n) is 4.55. The Kier molecular flexibility index (Phi) is 5.73. The molecule has 0 aliphatic heterocycles. The van der Waals surface area contributed by atoms with E-state index in [1.807, 2.05) is 58.0 Å². The molecule has 146 valence electrons. The first-order valence-electron chi connectivity index (χ1n) is 9.21. The Labute approximate surface area is 164 Å². The number of aryl methyl sites for hydroxylation is 2. The van der Waals surface area contributed by atoms with Crippen molar-refractivity contribution in [1.29, 1.82) is 0 Å². The summed E-state index contributed by atoms with van der Waals surface area (Å²) in [6.07, 6.45) is 3.29. The summed E-state index contributed by atoms with van der Waals surface area (Å²) in [5.74, 6) is 1.09. The van der Waals surface area contributed by atoms with E-state index in [-0.39, 0.29) is 5.91 Å². The lowest BCUT2D eigenvalue weighted by Gasteiger charge is -2.12. The smallest absolute Gasteiger partial charge is 0.248 e. The lowest BCUT2D eigenvalue weighted by molar-refractivity contribution is -0.111. The molecule has 0 aliphatic carbocycles. The molecular weight excluding hydrogens is 354 g/mol. The Balaban J connectivity index is 1.94. The summed E-state index contributed by atoms with van der Waals surface area (Å²) in [7, 11) is 1.58. The van der Waals surface area contributed by atoms with Crippen LogP contribution in [0.15, 0.2) is 47.1 Å². The summed E-state index contributed by atoms with van der Waals surface area (Å²) < 4.78 is 16.7. The number of hydrogen-bond acceptors (Lipinski definition) is 4. The Morgan fingerprint density at radius 2 is 1.96 bits per heavy atom. The number of allylic oxidation sites excluding steroid dienone is 1. The fourth-order valence-electron chi connectivity index (χ4n) is 3.13. The molecule has 0 atom stereocenters. The van der Waals surface area contributed by atoms with Gasteiger partial charge < -0.3 is 19.2 Å². The molecule has 5 nitrogen and oxygen atoms in total. The van der Waals surface area contributed by atoms with Crippen molar-refractivity contribution in [3.05, 3.63) is 59.4 Å². The molecule has 1 heterocycles. The van der Waals surface area contributed by atoms with Crippen molar-refractivity contribution in [2.45, 2.75) is 27.7 Å². The van der Waals surface area contributed by atoms with Gasteiger partial charge in [-0.3, -0.25) is 4.79 Å². The van der Waals surface area contributed by atoms with Crippen LogP contribution in [0.2, 0.25) is 0 Å². The van der Waals surface area contributed by atoms with Gasteiger partial charge >= 0.3 is 0 Å². The van der Waals surface area contributed by atoms with Gasteiger partial charge in [0.1, 0.15) is 17.1 Å². The van der Waals surface area contributed by atoms with E-state index in [2.05, 4.69) is 5.32 Å². The van der Waals surface area contributed by atoms with E-state index in [0.717, 1.165) is 33.2 Å². The lowest BCUT2D eigenvalue weighted by Crippen LogP contribution is -2.10. The summed E-state index contributed by atoms with van der Waals surface area (Å²) in [5, 5.41) is 3.90. The van der Waals surface area contributed by atoms with Gasteiger partial charge in [-0.2, -0.15) is 0 Å². The summed E-state index contributed by atoms with van der Waals surface area (Å²) in [4.78, 5) is 12.6. The van der Waals surface area contributed by atoms with Gasteiger partial charge in [0, 0.05) is 23.1 Å². The van der Waals surface area contributed by atoms with Crippen LogP contribution in [0.4, 0.5) is 5.69 Å². The van der Waals surface area contributed by atoms with E-state index in [4.69, 9.17) is 13.9 Å². The van der Waals surface area contributed by atoms with E-state index in [1.54, 1.807) is 19.4 Å². The average Bonchev–Trinajstić information content (AvgIpc) is 3.01. The van der Waals surface area contributed by atoms with Crippen molar-refractivity contribution in [2.24, 2.45) is 0 Å². The number of amides is 1. The van der Waals surface area contributed by atoms with Gasteiger partial charge in [0.2, 0.25) is 5.91 Å². The van der Waals surface area contributed by atoms with Crippen molar-refractivity contribution in [2.75, 3.05) is 19.0 Å². The van der Waals surface area contributed by atoms with Crippen LogP contribution in [0.25, 0.3) is 16.5 Å². The monoisotopic (exact) mass is 379 g/mol. The SMILES string of the molecule is CCOc1cc2occ(C)c2cc1/C(C)=C/C(=O)Nc1cc(C)ccc1OC. The van der Waals surface area contributed by atoms with Gasteiger partial charge in [0.15, 0.2) is 0 Å². The zero-order valence-corrected chi connectivity index (χ0v) is 16.9. The molecule has 1 N–H and O–H groups in total. The summed E-state index contributed by atoms with van der Waals surface area (Å²) >= 11 is 0. The molecule has 0 radical (unpaired) electrons. The van der Waals surface area contributed by atoms with Crippen LogP contribution in [0.5, 0.6) is 11.5 Å². The van der Waals surface area contributed by atoms with Crippen LogP contribution in [0, 0.1) is 13.8 Å². The Bertz CT molecular complexity index is 1050. The van der Waals surface area contributed by atoms with Crippen LogP contribution in [0.1, 0.15) is 30.5 Å². The van der Waals surface area contributed by atoms with Crippen LogP contribution in [0.3, 0.4) is 0 Å². The number of methoxy groups -OCH3 is 1. The molecular formula is C23H25NO4. The third kappa shape index (κ3) is 4.03. The average molecular weight is 379 g/mol. The quantitative estimate of drug-likeness (QED) is 0.575. The van der Waals surface area contributed by atoms with Crippen LogP contribution < -0.4 is 14.8 Å². The maximum atomic E-state index is 12.6. The number of rotatable bonds is 6. The molecule has 3 rings (SSSR count). The highest BCUT2D eigenvalue weighted by molar-refractivity contribution is 6.05. The molecule has 1 amide bonds. The molecule has 2 aromatic carbocycles. The molecule has 5 heteroatoms. The van der Waals surface area contributed by atoms with Crippen molar-refractivity contribution < 1.29 is 18.7 Å². The van der Waals surface area contributed by atoms with Crippen molar-refractivity contribution in [1.82, 2.24) is 0 Å². The van der Waals surface area contributed by atoms with Crippen molar-refractivity contribution >= 4 is 28.1 Å². The first-order valence-corrected chi connectivity index (χ1v) is 9.21. The first kappa shape index (κ1) is 19.5. The van der Waals surface area contributed by atoms with E-state index < -0.39 is 0 Å². The fraction of sp³-hybridized carbons (Fsp3) is 0.261. The second-order valence-electron chi connectivity index (χ2n) is 6.72. The number of furan rings is 1. The van der Waals surface area contributed by atoms with Crippen molar-refractivity contribution in [3.63, 3.8) is 0 Å². The van der Waals surface area contributed by atoms with E-state index in [1.165, 1.54) is 0 Å². The number of carbonyl (C=O) groups is 1. The summed E-state index contributed by atoms with van der Waals surface area (Å²) in [5.41, 5.74) is 5.16. The maximum absolute atomic E-state index is 12.6. The molecule has 28 heavy (non-hydrogen) atoms. The van der Waals surface area contributed by atoms with Gasteiger partial charge in [-0.1, -0.05) is 6.07 Å². The van der Waals surface area contributed by atoms with Gasteiger partial charge in [-0.05, 0) is 62.6 Å². The number of anilines is 1. The Hall–Kier alpha value is -3.21. The molecule has 0 aliphatic rings. The topological polar surface area (TPSA) is 60.7 Å². The molecule has 0 bridgehead atoms. The molecule has 0 unspecified atom stereocenters. The Morgan fingerprint density at radius 1 is 1.18 bits per heavy atom. The minimum Gasteiger partial charge on any atom is -0.495 e.